The van der Waals surface area contributed by atoms with Crippen LogP contribution in [0.1, 0.15) is 29.7 Å². The molecule has 1 aromatic heterocycles. The zero-order valence-corrected chi connectivity index (χ0v) is 23.5. The molecule has 1 amide bonds. The van der Waals surface area contributed by atoms with Crippen molar-refractivity contribution >= 4 is 48.9 Å². The minimum Gasteiger partial charge on any atom is -0.455 e. The third-order valence-electron chi connectivity index (χ3n) is 6.29. The number of hydrogen-bond acceptors (Lipinski definition) is 9. The number of thiophene rings is 1. The lowest BCUT2D eigenvalue weighted by Gasteiger charge is -2.26. The van der Waals surface area contributed by atoms with Crippen molar-refractivity contribution in [1.29, 1.82) is 0 Å². The van der Waals surface area contributed by atoms with E-state index in [1.807, 2.05) is 0 Å². The lowest BCUT2D eigenvalue weighted by Crippen LogP contribution is -2.40. The van der Waals surface area contributed by atoms with E-state index in [2.05, 4.69) is 5.32 Å². The molecule has 14 heteroatoms. The van der Waals surface area contributed by atoms with Crippen LogP contribution in [0.15, 0.2) is 39.4 Å². The Morgan fingerprint density at radius 1 is 0.947 bits per heavy atom. The van der Waals surface area contributed by atoms with Crippen molar-refractivity contribution in [2.24, 2.45) is 0 Å². The van der Waals surface area contributed by atoms with Crippen LogP contribution in [0.4, 0.5) is 5.69 Å². The van der Waals surface area contributed by atoms with Crippen molar-refractivity contribution in [3.63, 3.8) is 0 Å². The second kappa shape index (κ2) is 12.2. The molecule has 2 fully saturated rings. The largest absolute Gasteiger partial charge is 0.455 e. The summed E-state index contributed by atoms with van der Waals surface area (Å²) in [6.07, 6.45) is 2.51. The highest BCUT2D eigenvalue weighted by Crippen LogP contribution is 2.28. The lowest BCUT2D eigenvalue weighted by atomic mass is 10.2. The summed E-state index contributed by atoms with van der Waals surface area (Å²) in [4.78, 5) is 25.3. The Bertz CT molecular complexity index is 1380. The number of nitrogens with one attached hydrogen (secondary N) is 1. The highest BCUT2D eigenvalue weighted by molar-refractivity contribution is 7.91. The van der Waals surface area contributed by atoms with Gasteiger partial charge in [0.25, 0.3) is 15.9 Å². The van der Waals surface area contributed by atoms with E-state index in [1.165, 1.54) is 20.7 Å². The van der Waals surface area contributed by atoms with E-state index in [0.29, 0.717) is 36.7 Å². The van der Waals surface area contributed by atoms with E-state index < -0.39 is 38.5 Å². The first-order valence-electron chi connectivity index (χ1n) is 12.3. The molecular formula is C24H31N3O8S3. The molecule has 2 aromatic rings. The van der Waals surface area contributed by atoms with E-state index in [-0.39, 0.29) is 34.3 Å². The van der Waals surface area contributed by atoms with E-state index in [0.717, 1.165) is 30.6 Å². The van der Waals surface area contributed by atoms with Crippen molar-refractivity contribution in [3.8, 4) is 0 Å². The molecule has 0 spiro atoms. The van der Waals surface area contributed by atoms with E-state index in [4.69, 9.17) is 9.47 Å². The molecule has 2 aliphatic heterocycles. The maximum Gasteiger partial charge on any atom is 0.311 e. The molecule has 0 unspecified atom stereocenters. The third-order valence-corrected chi connectivity index (χ3v) is 11.8. The quantitative estimate of drug-likeness (QED) is 0.441. The lowest BCUT2D eigenvalue weighted by molar-refractivity contribution is -0.146. The van der Waals surface area contributed by atoms with Crippen molar-refractivity contribution < 1.29 is 35.9 Å². The topological polar surface area (TPSA) is 139 Å². The van der Waals surface area contributed by atoms with Gasteiger partial charge in [-0.2, -0.15) is 8.61 Å². The number of ether oxygens (including phenoxy) is 2. The predicted octanol–water partition coefficient (Wildman–Crippen LogP) is 1.98. The van der Waals surface area contributed by atoms with Crippen molar-refractivity contribution in [2.45, 2.75) is 41.7 Å². The molecule has 2 saturated heterocycles. The Labute approximate surface area is 226 Å². The molecule has 11 nitrogen and oxygen atoms in total. The van der Waals surface area contributed by atoms with Crippen LogP contribution in [-0.2, 0) is 45.5 Å². The van der Waals surface area contributed by atoms with Crippen LogP contribution < -0.4 is 5.32 Å². The number of esters is 1. The number of hydrogen-bond donors (Lipinski definition) is 1. The fourth-order valence-electron chi connectivity index (χ4n) is 4.24. The van der Waals surface area contributed by atoms with Crippen LogP contribution in [0, 0.1) is 6.92 Å². The van der Waals surface area contributed by atoms with E-state index in [1.54, 1.807) is 25.1 Å². The van der Waals surface area contributed by atoms with Gasteiger partial charge in [0.15, 0.2) is 6.61 Å². The van der Waals surface area contributed by atoms with Gasteiger partial charge in [-0.3, -0.25) is 9.59 Å². The molecule has 38 heavy (non-hydrogen) atoms. The maximum atomic E-state index is 13.0. The Kier molecular flexibility index (Phi) is 9.21. The van der Waals surface area contributed by atoms with Gasteiger partial charge in [-0.15, -0.1) is 11.3 Å². The van der Waals surface area contributed by atoms with Gasteiger partial charge < -0.3 is 14.8 Å². The Hall–Kier alpha value is -2.36. The van der Waals surface area contributed by atoms with E-state index >= 15 is 0 Å². The van der Waals surface area contributed by atoms with Gasteiger partial charge in [0.1, 0.15) is 4.21 Å². The zero-order chi connectivity index (χ0) is 27.3. The summed E-state index contributed by atoms with van der Waals surface area (Å²) < 4.78 is 65.0. The molecule has 0 saturated carbocycles. The van der Waals surface area contributed by atoms with Crippen LogP contribution in [-0.4, -0.2) is 83.3 Å². The molecule has 208 valence electrons. The summed E-state index contributed by atoms with van der Waals surface area (Å²) in [5, 5.41) is 2.56. The number of morpholine rings is 1. The number of sulfonamides is 2. The predicted molar refractivity (Wildman–Crippen MR) is 141 cm³/mol. The fourth-order valence-corrected chi connectivity index (χ4v) is 8.91. The van der Waals surface area contributed by atoms with E-state index in [9.17, 15) is 26.4 Å². The molecule has 3 heterocycles. The molecule has 0 aliphatic carbocycles. The highest BCUT2D eigenvalue weighted by Gasteiger charge is 2.29. The van der Waals surface area contributed by atoms with Crippen molar-refractivity contribution in [2.75, 3.05) is 51.3 Å². The minimum absolute atomic E-state index is 0.0854. The normalized spacial score (nSPS) is 17.7. The number of aryl methyl sites for hydroxylation is 1. The average molecular weight is 586 g/mol. The van der Waals surface area contributed by atoms with Crippen LogP contribution in [0.2, 0.25) is 0 Å². The maximum absolute atomic E-state index is 13.0. The van der Waals surface area contributed by atoms with Crippen LogP contribution in [0.5, 0.6) is 0 Å². The molecule has 0 bridgehead atoms. The van der Waals surface area contributed by atoms with Gasteiger partial charge in [-0.05, 0) is 49.6 Å². The first-order chi connectivity index (χ1) is 18.1. The average Bonchev–Trinajstić information content (AvgIpc) is 3.39. The molecule has 1 aromatic carbocycles. The van der Waals surface area contributed by atoms with Crippen molar-refractivity contribution in [1.82, 2.24) is 8.61 Å². The third kappa shape index (κ3) is 6.79. The van der Waals surface area contributed by atoms with Gasteiger partial charge >= 0.3 is 5.97 Å². The molecule has 0 atom stereocenters. The first-order valence-corrected chi connectivity index (χ1v) is 16.0. The minimum atomic E-state index is -3.76. The van der Waals surface area contributed by atoms with Crippen LogP contribution in [0.25, 0.3) is 0 Å². The van der Waals surface area contributed by atoms with Gasteiger partial charge in [0.05, 0.1) is 24.5 Å². The second-order valence-corrected chi connectivity index (χ2v) is 14.3. The number of piperidine rings is 1. The summed E-state index contributed by atoms with van der Waals surface area (Å²) in [6.45, 7) is 3.25. The number of nitrogens with zero attached hydrogens (tertiary/aromatic N) is 2. The second-order valence-electron chi connectivity index (χ2n) is 9.07. The molecular weight excluding hydrogens is 554 g/mol. The summed E-state index contributed by atoms with van der Waals surface area (Å²) in [5.74, 6) is -1.31. The van der Waals surface area contributed by atoms with Crippen molar-refractivity contribution in [3.05, 3.63) is 40.8 Å². The number of rotatable bonds is 9. The van der Waals surface area contributed by atoms with Gasteiger partial charge in [-0.25, -0.2) is 16.8 Å². The summed E-state index contributed by atoms with van der Waals surface area (Å²) in [5.41, 5.74) is 0.799. The number of benzene rings is 1. The van der Waals surface area contributed by atoms with Gasteiger partial charge in [0.2, 0.25) is 10.0 Å². The molecule has 4 rings (SSSR count). The summed E-state index contributed by atoms with van der Waals surface area (Å²) in [6, 6.07) is 7.62. The molecule has 2 aliphatic rings. The number of carbonyl (C=O) groups is 2. The summed E-state index contributed by atoms with van der Waals surface area (Å²) in [7, 11) is -7.33. The highest BCUT2D eigenvalue weighted by atomic mass is 32.2. The molecule has 1 N–H and O–H groups in total. The molecule has 0 radical (unpaired) electrons. The summed E-state index contributed by atoms with van der Waals surface area (Å²) >= 11 is 1.02. The Morgan fingerprint density at radius 3 is 2.34 bits per heavy atom. The smallest absolute Gasteiger partial charge is 0.311 e. The Morgan fingerprint density at radius 2 is 1.63 bits per heavy atom. The fraction of sp³-hybridized carbons (Fsp3) is 0.500. The van der Waals surface area contributed by atoms with Gasteiger partial charge in [0, 0.05) is 36.7 Å². The Balaban J connectivity index is 1.31. The number of anilines is 1. The number of carbonyl (C=O) groups excluding carboxylic acids is 2. The zero-order valence-electron chi connectivity index (χ0n) is 21.1. The first kappa shape index (κ1) is 28.6. The SMILES string of the molecule is Cc1ccc(NC(=O)COC(=O)Cc2ccc(S(=O)(=O)N3CCCCC3)s2)cc1S(=O)(=O)N1CCOCC1. The monoisotopic (exact) mass is 585 g/mol. The van der Waals surface area contributed by atoms with Gasteiger partial charge in [-0.1, -0.05) is 12.5 Å². The number of amides is 1. The van der Waals surface area contributed by atoms with Crippen LogP contribution >= 0.6 is 11.3 Å². The van der Waals surface area contributed by atoms with Crippen LogP contribution in [0.3, 0.4) is 0 Å². The standard InChI is InChI=1S/C24H31N3O8S3/c1-18-5-6-19(15-21(18)37(30,31)27-11-13-34-14-12-27)25-22(28)17-35-23(29)16-20-7-8-24(36-20)38(32,33)26-9-3-2-4-10-26/h5-8,15H,2-4,9-14,16-17H2,1H3,(H,25,28).